The molecule has 0 saturated heterocycles. The summed E-state index contributed by atoms with van der Waals surface area (Å²) in [5.74, 6) is 18.4. The molecule has 9 aliphatic rings. The molecule has 6 bridgehead atoms. The van der Waals surface area contributed by atoms with Crippen molar-refractivity contribution in [3.63, 3.8) is 0 Å². The van der Waals surface area contributed by atoms with Gasteiger partial charge in [-0.3, -0.25) is 0 Å². The predicted octanol–water partition coefficient (Wildman–Crippen LogP) is 9.97. The zero-order chi connectivity index (χ0) is 31.3. The first-order chi connectivity index (χ1) is 22.2. The Hall–Kier alpha value is -2.09. The molecule has 19 atom stereocenters. The van der Waals surface area contributed by atoms with Crippen LogP contribution in [0.5, 0.6) is 5.75 Å². The summed E-state index contributed by atoms with van der Waals surface area (Å²) in [5, 5.41) is 0. The second kappa shape index (κ2) is 9.98. The molecule has 1 aromatic rings. The predicted molar refractivity (Wildman–Crippen MR) is 184 cm³/mol. The summed E-state index contributed by atoms with van der Waals surface area (Å²) in [6.07, 6.45) is 20.8. The fraction of sp³-hybridized carbons (Fsp3) is 0.705. The molecule has 0 spiro atoms. The van der Waals surface area contributed by atoms with Gasteiger partial charge in [-0.25, -0.2) is 4.79 Å². The fourth-order valence-corrected chi connectivity index (χ4v) is 16.4. The molecule has 19 unspecified atom stereocenters. The van der Waals surface area contributed by atoms with E-state index in [4.69, 9.17) is 4.74 Å². The van der Waals surface area contributed by atoms with E-state index in [1.807, 2.05) is 0 Å². The SMILES string of the molecule is C=C(C)C(=O)Oc1c(C)cc(C2CC3CC2C2CC(C)C(C4C5CC(C6C(C)C7CC6C6CC=CC76)C4C4C=CCC45)C32)cc1C. The molecule has 2 nitrogen and oxygen atoms in total. The Labute approximate surface area is 277 Å². The van der Waals surface area contributed by atoms with Crippen LogP contribution in [0.15, 0.2) is 48.6 Å². The summed E-state index contributed by atoms with van der Waals surface area (Å²) < 4.78 is 5.77. The van der Waals surface area contributed by atoms with Crippen LogP contribution in [0.1, 0.15) is 88.3 Å². The van der Waals surface area contributed by atoms with Crippen molar-refractivity contribution < 1.29 is 9.53 Å². The zero-order valence-electron chi connectivity index (χ0n) is 28.9. The third-order valence-corrected chi connectivity index (χ3v) is 17.2. The highest BCUT2D eigenvalue weighted by Gasteiger charge is 2.70. The van der Waals surface area contributed by atoms with E-state index < -0.39 is 0 Å². The lowest BCUT2D eigenvalue weighted by Gasteiger charge is -2.45. The van der Waals surface area contributed by atoms with Gasteiger partial charge >= 0.3 is 5.97 Å². The van der Waals surface area contributed by atoms with Crippen LogP contribution < -0.4 is 4.74 Å². The van der Waals surface area contributed by atoms with Crippen LogP contribution in [-0.4, -0.2) is 5.97 Å². The number of aryl methyl sites for hydroxylation is 2. The first kappa shape index (κ1) is 28.9. The number of hydrogen-bond acceptors (Lipinski definition) is 2. The zero-order valence-corrected chi connectivity index (χ0v) is 28.9. The minimum Gasteiger partial charge on any atom is -0.423 e. The number of allylic oxidation sites excluding steroid dienone is 4. The van der Waals surface area contributed by atoms with Crippen LogP contribution in [0.3, 0.4) is 0 Å². The molecule has 0 amide bonds. The van der Waals surface area contributed by atoms with Gasteiger partial charge in [0.15, 0.2) is 0 Å². The number of carbonyl (C=O) groups excluding carboxylic acids is 1. The second-order valence-electron chi connectivity index (χ2n) is 18.7. The maximum absolute atomic E-state index is 12.3. The van der Waals surface area contributed by atoms with Gasteiger partial charge in [-0.2, -0.15) is 0 Å². The number of rotatable bonds is 5. The van der Waals surface area contributed by atoms with Crippen LogP contribution in [0, 0.1) is 120 Å². The van der Waals surface area contributed by atoms with Gasteiger partial charge in [0.2, 0.25) is 0 Å². The maximum Gasteiger partial charge on any atom is 0.338 e. The number of fused-ring (bicyclic) bond motifs is 15. The van der Waals surface area contributed by atoms with Crippen LogP contribution in [0.4, 0.5) is 0 Å². The van der Waals surface area contributed by atoms with Gasteiger partial charge in [0.25, 0.3) is 0 Å². The molecule has 0 radical (unpaired) electrons. The van der Waals surface area contributed by atoms with Gasteiger partial charge in [0, 0.05) is 5.57 Å². The van der Waals surface area contributed by atoms with Crippen LogP contribution in [0.2, 0.25) is 0 Å². The molecule has 9 aliphatic carbocycles. The summed E-state index contributed by atoms with van der Waals surface area (Å²) >= 11 is 0. The highest BCUT2D eigenvalue weighted by Crippen LogP contribution is 2.76. The molecule has 0 aliphatic heterocycles. The summed E-state index contributed by atoms with van der Waals surface area (Å²) in [5.41, 5.74) is 4.17. The van der Waals surface area contributed by atoms with E-state index in [1.165, 1.54) is 37.7 Å². The van der Waals surface area contributed by atoms with Crippen LogP contribution in [-0.2, 0) is 4.79 Å². The van der Waals surface area contributed by atoms with Crippen LogP contribution in [0.25, 0.3) is 0 Å². The summed E-state index contributed by atoms with van der Waals surface area (Å²) in [4.78, 5) is 12.3. The van der Waals surface area contributed by atoms with E-state index in [0.717, 1.165) is 123 Å². The van der Waals surface area contributed by atoms with Crippen molar-refractivity contribution in [2.75, 3.05) is 0 Å². The Morgan fingerprint density at radius 3 is 2.09 bits per heavy atom. The van der Waals surface area contributed by atoms with Crippen molar-refractivity contribution in [3.8, 4) is 5.75 Å². The van der Waals surface area contributed by atoms with Crippen molar-refractivity contribution >= 4 is 5.97 Å². The molecule has 7 saturated carbocycles. The largest absolute Gasteiger partial charge is 0.423 e. The van der Waals surface area contributed by atoms with Gasteiger partial charge in [-0.1, -0.05) is 56.9 Å². The Bertz CT molecular complexity index is 1520. The smallest absolute Gasteiger partial charge is 0.338 e. The lowest BCUT2D eigenvalue weighted by Crippen LogP contribution is -2.40. The van der Waals surface area contributed by atoms with Crippen molar-refractivity contribution in [2.24, 2.45) is 107 Å². The minimum atomic E-state index is -0.315. The summed E-state index contributed by atoms with van der Waals surface area (Å²) in [6, 6.07) is 4.72. The van der Waals surface area contributed by atoms with E-state index in [0.29, 0.717) is 11.5 Å². The minimum absolute atomic E-state index is 0.315. The average Bonchev–Trinajstić information content (AvgIpc) is 3.84. The van der Waals surface area contributed by atoms with Crippen molar-refractivity contribution in [2.45, 2.75) is 85.5 Å². The van der Waals surface area contributed by atoms with Gasteiger partial charge in [-0.15, -0.1) is 0 Å². The third kappa shape index (κ3) is 3.69. The fourth-order valence-electron chi connectivity index (χ4n) is 16.4. The Kier molecular flexibility index (Phi) is 6.26. The standard InChI is InChI=1S/C44H56O2/c1-20(2)44(45)46-43-22(4)13-25(14-23(43)5)32-16-26-17-33(32)34-15-21(3)38(40(26)34)42-36-19-37(41(42)30-12-8-11-29(30)36)39-24(6)31-18-35(39)28-10-7-9-27(28)31/h7-9,12-14,21,24,26-42H,1,10-11,15-19H2,2-6H3. The van der Waals surface area contributed by atoms with E-state index in [2.05, 4.69) is 70.7 Å². The summed E-state index contributed by atoms with van der Waals surface area (Å²) in [7, 11) is 0. The van der Waals surface area contributed by atoms with Gasteiger partial charge in [0.1, 0.15) is 5.75 Å². The lowest BCUT2D eigenvalue weighted by atomic mass is 9.59. The molecular weight excluding hydrogens is 560 g/mol. The molecule has 0 aromatic heterocycles. The third-order valence-electron chi connectivity index (χ3n) is 17.2. The van der Waals surface area contributed by atoms with Gasteiger partial charge < -0.3 is 4.74 Å². The van der Waals surface area contributed by atoms with E-state index in [-0.39, 0.29) is 5.97 Å². The molecule has 2 heteroatoms. The van der Waals surface area contributed by atoms with Crippen molar-refractivity contribution in [3.05, 3.63) is 65.3 Å². The van der Waals surface area contributed by atoms with Crippen molar-refractivity contribution in [1.29, 1.82) is 0 Å². The molecule has 244 valence electrons. The summed E-state index contributed by atoms with van der Waals surface area (Å²) in [6.45, 7) is 15.2. The molecule has 46 heavy (non-hydrogen) atoms. The Morgan fingerprint density at radius 1 is 0.696 bits per heavy atom. The number of hydrogen-bond donors (Lipinski definition) is 0. The lowest BCUT2D eigenvalue weighted by molar-refractivity contribution is -0.130. The highest BCUT2D eigenvalue weighted by atomic mass is 16.5. The van der Waals surface area contributed by atoms with E-state index in [9.17, 15) is 4.79 Å². The topological polar surface area (TPSA) is 26.3 Å². The van der Waals surface area contributed by atoms with Gasteiger partial charge in [-0.05, 0) is 195 Å². The molecular formula is C44H56O2. The Morgan fingerprint density at radius 2 is 1.35 bits per heavy atom. The highest BCUT2D eigenvalue weighted by molar-refractivity contribution is 5.89. The number of benzene rings is 1. The Balaban J connectivity index is 0.922. The van der Waals surface area contributed by atoms with E-state index in [1.54, 1.807) is 19.8 Å². The normalized spacial score (nSPS) is 52.9. The van der Waals surface area contributed by atoms with E-state index >= 15 is 0 Å². The van der Waals surface area contributed by atoms with Crippen molar-refractivity contribution in [1.82, 2.24) is 0 Å². The number of ether oxygens (including phenoxy) is 1. The second-order valence-corrected chi connectivity index (χ2v) is 18.7. The van der Waals surface area contributed by atoms with Gasteiger partial charge in [0.05, 0.1) is 0 Å². The quantitative estimate of drug-likeness (QED) is 0.142. The molecule has 0 N–H and O–H groups in total. The number of carbonyl (C=O) groups is 1. The van der Waals surface area contributed by atoms with Crippen LogP contribution >= 0.6 is 0 Å². The monoisotopic (exact) mass is 616 g/mol. The molecule has 0 heterocycles. The average molecular weight is 617 g/mol. The first-order valence-corrected chi connectivity index (χ1v) is 19.5. The molecule has 10 rings (SSSR count). The molecule has 7 fully saturated rings. The number of esters is 1. The molecule has 1 aromatic carbocycles. The maximum atomic E-state index is 12.3. The first-order valence-electron chi connectivity index (χ1n) is 19.5.